The second-order valence-corrected chi connectivity index (χ2v) is 4.03. The fourth-order valence-electron chi connectivity index (χ4n) is 1.53. The number of ether oxygens (including phenoxy) is 1. The lowest BCUT2D eigenvalue weighted by Crippen LogP contribution is -2.27. The molecule has 0 aliphatic rings. The van der Waals surface area contributed by atoms with Gasteiger partial charge >= 0.3 is 0 Å². The molecule has 6 heteroatoms. The number of hydrogen-bond donors (Lipinski definition) is 3. The van der Waals surface area contributed by atoms with E-state index in [1.807, 2.05) is 0 Å². The molecule has 1 aromatic carbocycles. The van der Waals surface area contributed by atoms with Gasteiger partial charge in [0.1, 0.15) is 17.2 Å². The molecule has 0 saturated carbocycles. The van der Waals surface area contributed by atoms with E-state index in [1.54, 1.807) is 30.3 Å². The Kier molecular flexibility index (Phi) is 4.52. The molecule has 0 aliphatic carbocycles. The first-order valence-corrected chi connectivity index (χ1v) is 6.07. The molecular weight excluding hydrogens is 258 g/mol. The Morgan fingerprint density at radius 1 is 1.25 bits per heavy atom. The van der Waals surface area contributed by atoms with Crippen LogP contribution >= 0.6 is 0 Å². The van der Waals surface area contributed by atoms with Crippen LogP contribution in [-0.4, -0.2) is 29.1 Å². The van der Waals surface area contributed by atoms with Crippen molar-refractivity contribution in [1.29, 1.82) is 0 Å². The molecule has 6 nitrogen and oxygen atoms in total. The summed E-state index contributed by atoms with van der Waals surface area (Å²) in [5, 5.41) is 11.2. The highest BCUT2D eigenvalue weighted by Crippen LogP contribution is 2.22. The van der Waals surface area contributed by atoms with E-state index in [2.05, 4.69) is 10.3 Å². The number of benzene rings is 1. The summed E-state index contributed by atoms with van der Waals surface area (Å²) < 4.78 is 5.60. The lowest BCUT2D eigenvalue weighted by atomic mass is 10.3. The molecule has 0 bridgehead atoms. The summed E-state index contributed by atoms with van der Waals surface area (Å²) in [6, 6.07) is 10.1. The number of carbonyl (C=O) groups is 1. The van der Waals surface area contributed by atoms with Crippen LogP contribution in [-0.2, 0) is 0 Å². The lowest BCUT2D eigenvalue weighted by molar-refractivity contribution is 0.0939. The Balaban J connectivity index is 2.09. The summed E-state index contributed by atoms with van der Waals surface area (Å²) in [5.41, 5.74) is 6.47. The van der Waals surface area contributed by atoms with Crippen LogP contribution in [0.15, 0.2) is 42.6 Å². The largest absolute Gasteiger partial charge is 0.457 e. The van der Waals surface area contributed by atoms with Crippen molar-refractivity contribution >= 4 is 11.6 Å². The number of anilines is 1. The average molecular weight is 273 g/mol. The van der Waals surface area contributed by atoms with Gasteiger partial charge in [-0.05, 0) is 30.3 Å². The Bertz CT molecular complexity index is 584. The molecule has 0 radical (unpaired) electrons. The third-order valence-corrected chi connectivity index (χ3v) is 2.48. The van der Waals surface area contributed by atoms with Crippen molar-refractivity contribution in [2.24, 2.45) is 0 Å². The number of nitrogens with one attached hydrogen (secondary N) is 1. The number of aliphatic hydroxyl groups is 1. The number of amides is 1. The van der Waals surface area contributed by atoms with E-state index in [4.69, 9.17) is 15.6 Å². The summed E-state index contributed by atoms with van der Waals surface area (Å²) in [6.07, 6.45) is 1.49. The second kappa shape index (κ2) is 6.53. The molecule has 2 aromatic rings. The van der Waals surface area contributed by atoms with Crippen molar-refractivity contribution in [3.05, 3.63) is 48.3 Å². The molecule has 0 spiro atoms. The zero-order chi connectivity index (χ0) is 14.4. The molecule has 4 N–H and O–H groups in total. The molecular formula is C14H15N3O3. The number of pyridine rings is 1. The number of aliphatic hydroxyl groups excluding tert-OH is 1. The van der Waals surface area contributed by atoms with Crippen molar-refractivity contribution in [3.63, 3.8) is 0 Å². The first-order valence-electron chi connectivity index (χ1n) is 6.07. The Morgan fingerprint density at radius 3 is 2.70 bits per heavy atom. The van der Waals surface area contributed by atoms with E-state index in [0.29, 0.717) is 17.2 Å². The van der Waals surface area contributed by atoms with Crippen LogP contribution in [0, 0.1) is 0 Å². The van der Waals surface area contributed by atoms with Gasteiger partial charge < -0.3 is 20.9 Å². The van der Waals surface area contributed by atoms with Gasteiger partial charge in [-0.25, -0.2) is 0 Å². The topological polar surface area (TPSA) is 97.5 Å². The van der Waals surface area contributed by atoms with Crippen LogP contribution in [0.1, 0.15) is 10.5 Å². The predicted molar refractivity (Wildman–Crippen MR) is 74.6 cm³/mol. The maximum absolute atomic E-state index is 11.7. The summed E-state index contributed by atoms with van der Waals surface area (Å²) in [4.78, 5) is 15.7. The van der Waals surface area contributed by atoms with Crippen molar-refractivity contribution in [2.75, 3.05) is 18.9 Å². The van der Waals surface area contributed by atoms with Crippen molar-refractivity contribution < 1.29 is 14.6 Å². The maximum atomic E-state index is 11.7. The number of nitrogens with two attached hydrogens (primary N) is 1. The van der Waals surface area contributed by atoms with Gasteiger partial charge in [-0.1, -0.05) is 0 Å². The molecule has 2 rings (SSSR count). The van der Waals surface area contributed by atoms with Crippen LogP contribution in [0.5, 0.6) is 11.5 Å². The Morgan fingerprint density at radius 2 is 2.00 bits per heavy atom. The second-order valence-electron chi connectivity index (χ2n) is 4.03. The fourth-order valence-corrected chi connectivity index (χ4v) is 1.53. The zero-order valence-electron chi connectivity index (χ0n) is 10.7. The molecule has 0 aliphatic heterocycles. The minimum absolute atomic E-state index is 0.118. The maximum Gasteiger partial charge on any atom is 0.270 e. The van der Waals surface area contributed by atoms with E-state index in [0.717, 1.165) is 0 Å². The minimum atomic E-state index is -0.359. The van der Waals surface area contributed by atoms with Crippen molar-refractivity contribution in [3.8, 4) is 11.5 Å². The number of hydrogen-bond acceptors (Lipinski definition) is 5. The number of aromatic nitrogens is 1. The number of rotatable bonds is 5. The van der Waals surface area contributed by atoms with E-state index in [-0.39, 0.29) is 24.8 Å². The fraction of sp³-hybridized carbons (Fsp3) is 0.143. The average Bonchev–Trinajstić information content (AvgIpc) is 2.47. The minimum Gasteiger partial charge on any atom is -0.457 e. The van der Waals surface area contributed by atoms with Gasteiger partial charge in [0.05, 0.1) is 6.61 Å². The van der Waals surface area contributed by atoms with Gasteiger partial charge in [-0.2, -0.15) is 0 Å². The Labute approximate surface area is 116 Å². The van der Waals surface area contributed by atoms with Crippen LogP contribution in [0.25, 0.3) is 0 Å². The first kappa shape index (κ1) is 13.8. The predicted octanol–water partition coefficient (Wildman–Crippen LogP) is 1.18. The third-order valence-electron chi connectivity index (χ3n) is 2.48. The van der Waals surface area contributed by atoms with E-state index >= 15 is 0 Å². The summed E-state index contributed by atoms with van der Waals surface area (Å²) >= 11 is 0. The number of nitrogen functional groups attached to an aromatic ring is 1. The summed E-state index contributed by atoms with van der Waals surface area (Å²) in [6.45, 7) is 0.0664. The highest BCUT2D eigenvalue weighted by atomic mass is 16.5. The van der Waals surface area contributed by atoms with Crippen LogP contribution in [0.2, 0.25) is 0 Å². The summed E-state index contributed by atoms with van der Waals surface area (Å²) in [7, 11) is 0. The van der Waals surface area contributed by atoms with Crippen LogP contribution in [0.3, 0.4) is 0 Å². The van der Waals surface area contributed by atoms with Gasteiger partial charge in [0.2, 0.25) is 0 Å². The van der Waals surface area contributed by atoms with E-state index in [1.165, 1.54) is 12.3 Å². The van der Waals surface area contributed by atoms with Gasteiger partial charge in [-0.15, -0.1) is 0 Å². The van der Waals surface area contributed by atoms with Gasteiger partial charge in [0, 0.05) is 24.5 Å². The van der Waals surface area contributed by atoms with Crippen molar-refractivity contribution in [2.45, 2.75) is 0 Å². The van der Waals surface area contributed by atoms with Crippen molar-refractivity contribution in [1.82, 2.24) is 10.3 Å². The van der Waals surface area contributed by atoms with Crippen LogP contribution in [0.4, 0.5) is 5.69 Å². The van der Waals surface area contributed by atoms with E-state index in [9.17, 15) is 4.79 Å². The highest BCUT2D eigenvalue weighted by molar-refractivity contribution is 5.92. The summed E-state index contributed by atoms with van der Waals surface area (Å²) in [5.74, 6) is 0.757. The number of nitrogens with zero attached hydrogens (tertiary/aromatic N) is 1. The molecule has 1 amide bonds. The zero-order valence-corrected chi connectivity index (χ0v) is 10.7. The smallest absolute Gasteiger partial charge is 0.270 e. The highest BCUT2D eigenvalue weighted by Gasteiger charge is 2.08. The Hall–Kier alpha value is -2.60. The number of carbonyl (C=O) groups excluding carboxylic acids is 1. The monoisotopic (exact) mass is 273 g/mol. The molecule has 1 heterocycles. The first-order chi connectivity index (χ1) is 9.69. The SMILES string of the molecule is Nc1ccc(Oc2ccnc(C(=O)NCCO)c2)cc1. The molecule has 1 aromatic heterocycles. The normalized spacial score (nSPS) is 10.1. The van der Waals surface area contributed by atoms with E-state index < -0.39 is 0 Å². The molecule has 0 fully saturated rings. The van der Waals surface area contributed by atoms with Gasteiger partial charge in [0.15, 0.2) is 0 Å². The van der Waals surface area contributed by atoms with Crippen LogP contribution < -0.4 is 15.8 Å². The van der Waals surface area contributed by atoms with Gasteiger partial charge in [-0.3, -0.25) is 9.78 Å². The molecule has 0 atom stereocenters. The quantitative estimate of drug-likeness (QED) is 0.711. The standard InChI is InChI=1S/C14H15N3O3/c15-10-1-3-11(4-2-10)20-12-5-6-16-13(9-12)14(19)17-7-8-18/h1-6,9,18H,7-8,15H2,(H,17,19). The van der Waals surface area contributed by atoms with Gasteiger partial charge in [0.25, 0.3) is 5.91 Å². The molecule has 0 unspecified atom stereocenters. The third kappa shape index (κ3) is 3.69. The lowest BCUT2D eigenvalue weighted by Gasteiger charge is -2.07. The molecule has 20 heavy (non-hydrogen) atoms. The molecule has 0 saturated heterocycles. The molecule has 104 valence electrons.